The lowest BCUT2D eigenvalue weighted by Crippen LogP contribution is -2.43. The summed E-state index contributed by atoms with van der Waals surface area (Å²) in [6.45, 7) is 11.9. The highest BCUT2D eigenvalue weighted by Crippen LogP contribution is 2.46. The number of rotatable bonds is 17. The minimum absolute atomic E-state index is 0.0903. The molecular weight excluding hydrogens is 872 g/mol. The molecule has 0 spiro atoms. The number of esters is 1. The van der Waals surface area contributed by atoms with E-state index >= 15 is 0 Å². The van der Waals surface area contributed by atoms with Gasteiger partial charge in [0.25, 0.3) is 5.91 Å². The van der Waals surface area contributed by atoms with Crippen LogP contribution in [0.25, 0.3) is 0 Å². The second kappa shape index (κ2) is 20.1. The summed E-state index contributed by atoms with van der Waals surface area (Å²) in [6.07, 6.45) is 1.42. The molecule has 1 aliphatic carbocycles. The number of thiophene rings is 2. The Labute approximate surface area is 376 Å². The number of benzene rings is 2. The minimum Gasteiger partial charge on any atom is -0.506 e. The SMILES string of the molecule is COc1cc(NC(=O)OCCN(C)C2CCC(OC(=O)C(O)(c3cccs3)c3cccs3)CC2)c(Cl)cc1CNC[C@H](O[Si](C)(C)C(C)(C)C)c1ccc(O)c2c1OCC(=O)N2. The Morgan fingerprint density at radius 2 is 1.74 bits per heavy atom. The van der Waals surface area contributed by atoms with Crippen molar-refractivity contribution in [2.45, 2.75) is 95.0 Å². The highest BCUT2D eigenvalue weighted by Gasteiger charge is 2.45. The minimum atomic E-state index is -2.32. The number of fused-ring (bicyclic) bond motifs is 1. The number of hydrogen-bond acceptors (Lipinski definition) is 14. The number of likely N-dealkylation sites (N-methyl/N-ethyl adjacent to an activating group) is 1. The van der Waals surface area contributed by atoms with Gasteiger partial charge in [-0.3, -0.25) is 10.1 Å². The molecule has 0 saturated heterocycles. The third kappa shape index (κ3) is 10.9. The standard InChI is InChI=1S/C44H57ClN4O10S2Si/c1-43(2,3)62(6,7)59-35(30-16-17-33(50)39-40(30)57-26-38(51)48-39)25-46-24-27-22-31(45)32(23-34(27)55-5)47-42(53)56-19-18-49(4)28-12-14-29(15-13-28)58-41(52)44(54,36-10-8-20-60-36)37-11-9-21-61-37/h8-11,16-17,20-23,28-29,35,46,50,54H,12-15,18-19,24-26H2,1-7H3,(H,47,53)(H,48,51)/t28?,29?,35-/m0/s1. The zero-order valence-corrected chi connectivity index (χ0v) is 39.6. The van der Waals surface area contributed by atoms with Crippen LogP contribution in [0.5, 0.6) is 17.2 Å². The molecule has 1 saturated carbocycles. The van der Waals surface area contributed by atoms with Crippen LogP contribution in [-0.2, 0) is 35.6 Å². The molecule has 62 heavy (non-hydrogen) atoms. The Morgan fingerprint density at radius 3 is 2.35 bits per heavy atom. The van der Waals surface area contributed by atoms with Crippen LogP contribution in [0.15, 0.2) is 59.3 Å². The first kappa shape index (κ1) is 47.3. The molecule has 1 aliphatic heterocycles. The molecule has 6 rings (SSSR count). The van der Waals surface area contributed by atoms with Crippen molar-refractivity contribution in [1.82, 2.24) is 10.2 Å². The number of aromatic hydroxyl groups is 1. The van der Waals surface area contributed by atoms with Gasteiger partial charge >= 0.3 is 12.1 Å². The summed E-state index contributed by atoms with van der Waals surface area (Å²) in [5, 5.41) is 34.9. The number of hydrogen-bond donors (Lipinski definition) is 5. The number of phenolic OH excluding ortho intramolecular Hbond substituents is 1. The summed E-state index contributed by atoms with van der Waals surface area (Å²) in [7, 11) is 1.19. The first-order valence-corrected chi connectivity index (χ1v) is 25.6. The number of halogens is 1. The maximum atomic E-state index is 13.4. The first-order chi connectivity index (χ1) is 29.4. The first-order valence-electron chi connectivity index (χ1n) is 20.6. The fourth-order valence-electron chi connectivity index (χ4n) is 7.28. The van der Waals surface area contributed by atoms with E-state index in [1.807, 2.05) is 29.9 Å². The van der Waals surface area contributed by atoms with E-state index in [0.29, 0.717) is 70.0 Å². The Morgan fingerprint density at radius 1 is 1.06 bits per heavy atom. The second-order valence-corrected chi connectivity index (χ2v) is 24.2. The molecule has 18 heteroatoms. The van der Waals surface area contributed by atoms with E-state index in [4.69, 9.17) is 35.0 Å². The van der Waals surface area contributed by atoms with Crippen molar-refractivity contribution in [2.24, 2.45) is 0 Å². The Kier molecular flexibility index (Phi) is 15.3. The van der Waals surface area contributed by atoms with Gasteiger partial charge in [-0.15, -0.1) is 22.7 Å². The molecule has 14 nitrogen and oxygen atoms in total. The van der Waals surface area contributed by atoms with Crippen molar-refractivity contribution in [2.75, 3.05) is 51.1 Å². The third-order valence-electron chi connectivity index (χ3n) is 11.9. The predicted octanol–water partition coefficient (Wildman–Crippen LogP) is 8.63. The highest BCUT2D eigenvalue weighted by molar-refractivity contribution is 7.12. The number of ether oxygens (including phenoxy) is 4. The van der Waals surface area contributed by atoms with E-state index < -0.39 is 32.1 Å². The molecule has 3 heterocycles. The van der Waals surface area contributed by atoms with Crippen LogP contribution in [0.4, 0.5) is 16.2 Å². The molecule has 0 unspecified atom stereocenters. The summed E-state index contributed by atoms with van der Waals surface area (Å²) in [5.41, 5.74) is 0.163. The van der Waals surface area contributed by atoms with Crippen molar-refractivity contribution in [3.05, 3.63) is 85.2 Å². The smallest absolute Gasteiger partial charge is 0.411 e. The van der Waals surface area contributed by atoms with E-state index in [-0.39, 0.29) is 47.7 Å². The summed E-state index contributed by atoms with van der Waals surface area (Å²) >= 11 is 9.33. The monoisotopic (exact) mass is 928 g/mol. The topological polar surface area (TPSA) is 177 Å². The van der Waals surface area contributed by atoms with Crippen LogP contribution in [0, 0.1) is 0 Å². The molecule has 4 aromatic rings. The molecule has 336 valence electrons. The van der Waals surface area contributed by atoms with Crippen LogP contribution in [0.3, 0.4) is 0 Å². The number of methoxy groups -OCH3 is 1. The van der Waals surface area contributed by atoms with Crippen molar-refractivity contribution in [3.8, 4) is 17.2 Å². The van der Waals surface area contributed by atoms with E-state index in [1.54, 1.807) is 30.3 Å². The number of phenols is 1. The Hall–Kier alpha value is -4.20. The third-order valence-corrected chi connectivity index (χ3v) is 18.6. The van der Waals surface area contributed by atoms with E-state index in [0.717, 1.165) is 18.4 Å². The fourth-order valence-corrected chi connectivity index (χ4v) is 10.5. The van der Waals surface area contributed by atoms with Crippen molar-refractivity contribution < 1.29 is 48.0 Å². The fraction of sp³-hybridized carbons (Fsp3) is 0.477. The van der Waals surface area contributed by atoms with E-state index in [1.165, 1.54) is 35.8 Å². The number of aliphatic hydroxyl groups is 1. The van der Waals surface area contributed by atoms with Crippen molar-refractivity contribution >= 4 is 71.9 Å². The summed E-state index contributed by atoms with van der Waals surface area (Å²) < 4.78 is 29.9. The second-order valence-electron chi connectivity index (χ2n) is 17.1. The molecule has 0 radical (unpaired) electrons. The van der Waals surface area contributed by atoms with Crippen LogP contribution in [-0.4, -0.2) is 94.0 Å². The number of carbonyl (C=O) groups excluding carboxylic acids is 3. The van der Waals surface area contributed by atoms with Gasteiger partial charge in [-0.1, -0.05) is 44.5 Å². The highest BCUT2D eigenvalue weighted by atomic mass is 35.5. The predicted molar refractivity (Wildman–Crippen MR) is 244 cm³/mol. The number of nitrogens with zero attached hydrogens (tertiary/aromatic N) is 1. The maximum absolute atomic E-state index is 13.4. The number of carbonyl (C=O) groups is 3. The van der Waals surface area contributed by atoms with Gasteiger partial charge < -0.3 is 49.1 Å². The van der Waals surface area contributed by atoms with Crippen LogP contribution < -0.4 is 25.4 Å². The lowest BCUT2D eigenvalue weighted by molar-refractivity contribution is -0.169. The van der Waals surface area contributed by atoms with Crippen LogP contribution in [0.1, 0.15) is 73.4 Å². The summed E-state index contributed by atoms with van der Waals surface area (Å²) in [6, 6.07) is 14.0. The largest absolute Gasteiger partial charge is 0.506 e. The lowest BCUT2D eigenvalue weighted by Gasteiger charge is -2.40. The summed E-state index contributed by atoms with van der Waals surface area (Å²) in [5.74, 6) is -0.221. The van der Waals surface area contributed by atoms with Gasteiger partial charge in [-0.05, 0) is 92.0 Å². The zero-order chi connectivity index (χ0) is 44.8. The average Bonchev–Trinajstić information content (AvgIpc) is 3.98. The molecule has 5 N–H and O–H groups in total. The molecule has 2 amide bonds. The van der Waals surface area contributed by atoms with Crippen LogP contribution >= 0.6 is 34.3 Å². The van der Waals surface area contributed by atoms with Gasteiger partial charge in [0.05, 0.1) is 33.7 Å². The summed E-state index contributed by atoms with van der Waals surface area (Å²) in [4.78, 5) is 41.6. The average molecular weight is 930 g/mol. The van der Waals surface area contributed by atoms with Gasteiger partial charge in [0, 0.05) is 42.9 Å². The Balaban J connectivity index is 0.991. The number of amides is 2. The van der Waals surface area contributed by atoms with Gasteiger partial charge in [-0.2, -0.15) is 0 Å². The van der Waals surface area contributed by atoms with Gasteiger partial charge in [0.15, 0.2) is 20.7 Å². The quantitative estimate of drug-likeness (QED) is 0.0388. The number of nitrogens with one attached hydrogen (secondary N) is 3. The van der Waals surface area contributed by atoms with E-state index in [2.05, 4.69) is 54.7 Å². The molecule has 0 bridgehead atoms. The molecule has 2 aliphatic rings. The van der Waals surface area contributed by atoms with Crippen molar-refractivity contribution in [3.63, 3.8) is 0 Å². The van der Waals surface area contributed by atoms with Crippen molar-refractivity contribution in [1.29, 1.82) is 0 Å². The number of anilines is 2. The van der Waals surface area contributed by atoms with Crippen LogP contribution in [0.2, 0.25) is 23.2 Å². The van der Waals surface area contributed by atoms with Gasteiger partial charge in [0.2, 0.25) is 5.60 Å². The molecule has 1 fully saturated rings. The lowest BCUT2D eigenvalue weighted by atomic mass is 9.91. The molecular formula is C44H57ClN4O10S2Si. The van der Waals surface area contributed by atoms with E-state index in [9.17, 15) is 24.6 Å². The van der Waals surface area contributed by atoms with Gasteiger partial charge in [0.1, 0.15) is 29.9 Å². The van der Waals surface area contributed by atoms with Gasteiger partial charge in [-0.25, -0.2) is 9.59 Å². The maximum Gasteiger partial charge on any atom is 0.411 e. The molecule has 1 atom stereocenters. The normalized spacial score (nSPS) is 17.4. The molecule has 2 aromatic heterocycles. The zero-order valence-electron chi connectivity index (χ0n) is 36.2. The molecule has 2 aromatic carbocycles. The Bertz CT molecular complexity index is 2140.